The van der Waals surface area contributed by atoms with Crippen molar-refractivity contribution in [3.05, 3.63) is 70.8 Å². The SMILES string of the molecule is [C-]#[N+]c1cnc2c(Cc3ccc(F)c([C@]4(C)CS(=O)(=O)C5(CC(F)(F)C5)C(N)=N4)c3)ncnc2c1. The van der Waals surface area contributed by atoms with Gasteiger partial charge >= 0.3 is 0 Å². The first-order chi connectivity index (χ1) is 16.4. The smallest absolute Gasteiger partial charge is 0.252 e. The van der Waals surface area contributed by atoms with Crippen LogP contribution < -0.4 is 5.73 Å². The average Bonchev–Trinajstić information content (AvgIpc) is 2.76. The van der Waals surface area contributed by atoms with Crippen LogP contribution in [0.5, 0.6) is 0 Å². The molecule has 1 aliphatic heterocycles. The molecule has 0 saturated heterocycles. The lowest BCUT2D eigenvalue weighted by Gasteiger charge is -2.50. The summed E-state index contributed by atoms with van der Waals surface area (Å²) in [7, 11) is -4.14. The van der Waals surface area contributed by atoms with Crippen LogP contribution in [0.2, 0.25) is 0 Å². The van der Waals surface area contributed by atoms with E-state index in [0.717, 1.165) is 0 Å². The van der Waals surface area contributed by atoms with Crippen LogP contribution in [0.4, 0.5) is 18.9 Å². The average molecular weight is 501 g/mol. The van der Waals surface area contributed by atoms with Crippen molar-refractivity contribution >= 4 is 32.4 Å². The molecule has 1 fully saturated rings. The number of hydrogen-bond acceptors (Lipinski definition) is 7. The third-order valence-corrected chi connectivity index (χ3v) is 9.27. The van der Waals surface area contributed by atoms with Gasteiger partial charge in [-0.2, -0.15) is 0 Å². The largest absolute Gasteiger partial charge is 0.386 e. The van der Waals surface area contributed by atoms with Crippen molar-refractivity contribution in [2.75, 3.05) is 5.75 Å². The normalized spacial score (nSPS) is 23.9. The predicted molar refractivity (Wildman–Crippen MR) is 122 cm³/mol. The fraction of sp³-hybridized carbons (Fsp3) is 0.348. The number of hydrogen-bond donors (Lipinski definition) is 1. The molecule has 2 N–H and O–H groups in total. The van der Waals surface area contributed by atoms with Gasteiger partial charge in [-0.05, 0) is 24.6 Å². The first-order valence-electron chi connectivity index (χ1n) is 10.6. The van der Waals surface area contributed by atoms with Gasteiger partial charge in [0.25, 0.3) is 5.92 Å². The van der Waals surface area contributed by atoms with Crippen molar-refractivity contribution < 1.29 is 21.6 Å². The molecular formula is C23H19F3N6O2S. The Hall–Kier alpha value is -3.59. The zero-order valence-electron chi connectivity index (χ0n) is 18.5. The standard InChI is InChI=1S/C23H19F3N6O2S/c1-21(11-35(33,34)22(20(27)32-21)9-23(25,26)10-22)15-5-13(3-4-16(15)24)6-17-19-18(31-12-30-17)7-14(28-2)8-29-19/h3-5,7-8,12H,6,9-11H2,1H3,(H2,27,32)/t21-/m0/s1. The molecule has 0 bridgehead atoms. The molecule has 0 unspecified atom stereocenters. The zero-order chi connectivity index (χ0) is 25.2. The second-order valence-corrected chi connectivity index (χ2v) is 11.5. The van der Waals surface area contributed by atoms with Gasteiger partial charge in [-0.15, -0.1) is 0 Å². The highest BCUT2D eigenvalue weighted by molar-refractivity contribution is 7.93. The summed E-state index contributed by atoms with van der Waals surface area (Å²) in [5.41, 5.74) is 6.77. The Morgan fingerprint density at radius 3 is 2.57 bits per heavy atom. The number of benzene rings is 1. The van der Waals surface area contributed by atoms with E-state index in [1.165, 1.54) is 37.6 Å². The minimum atomic E-state index is -4.14. The number of aliphatic imine (C=N–C) groups is 1. The van der Waals surface area contributed by atoms with Crippen LogP contribution >= 0.6 is 0 Å². The summed E-state index contributed by atoms with van der Waals surface area (Å²) in [6, 6.07) is 5.80. The van der Waals surface area contributed by atoms with E-state index in [1.54, 1.807) is 6.07 Å². The zero-order valence-corrected chi connectivity index (χ0v) is 19.3. The van der Waals surface area contributed by atoms with E-state index in [2.05, 4.69) is 24.8 Å². The van der Waals surface area contributed by atoms with Crippen molar-refractivity contribution in [3.63, 3.8) is 0 Å². The van der Waals surface area contributed by atoms with Crippen LogP contribution in [0.3, 0.4) is 0 Å². The Labute approximate surface area is 198 Å². The number of fused-ring (bicyclic) bond motifs is 1. The topological polar surface area (TPSA) is 116 Å². The van der Waals surface area contributed by atoms with Gasteiger partial charge in [0.1, 0.15) is 33.8 Å². The minimum absolute atomic E-state index is 0.0101. The number of amidine groups is 1. The number of halogens is 3. The van der Waals surface area contributed by atoms with Crippen LogP contribution in [0.1, 0.15) is 36.6 Å². The number of aromatic nitrogens is 3. The third kappa shape index (κ3) is 3.61. The van der Waals surface area contributed by atoms with Crippen LogP contribution in [0.15, 0.2) is 41.8 Å². The quantitative estimate of drug-likeness (QED) is 0.551. The van der Waals surface area contributed by atoms with Crippen molar-refractivity contribution in [2.45, 2.75) is 42.4 Å². The Morgan fingerprint density at radius 2 is 1.91 bits per heavy atom. The van der Waals surface area contributed by atoms with E-state index in [9.17, 15) is 21.6 Å². The summed E-state index contributed by atoms with van der Waals surface area (Å²) in [6.45, 7) is 8.55. The second-order valence-electron chi connectivity index (χ2n) is 9.22. The summed E-state index contributed by atoms with van der Waals surface area (Å²) < 4.78 is 66.5. The van der Waals surface area contributed by atoms with E-state index in [1.807, 2.05) is 0 Å². The number of rotatable bonds is 3. The van der Waals surface area contributed by atoms with Gasteiger partial charge < -0.3 is 5.73 Å². The van der Waals surface area contributed by atoms with Gasteiger partial charge in [0.2, 0.25) is 5.69 Å². The molecule has 1 atom stereocenters. The third-order valence-electron chi connectivity index (χ3n) is 6.64. The summed E-state index contributed by atoms with van der Waals surface area (Å²) in [5, 5.41) is 0. The van der Waals surface area contributed by atoms with E-state index >= 15 is 0 Å². The Balaban J connectivity index is 1.54. The summed E-state index contributed by atoms with van der Waals surface area (Å²) in [4.78, 5) is 20.3. The van der Waals surface area contributed by atoms with Crippen molar-refractivity contribution in [2.24, 2.45) is 10.7 Å². The first-order valence-corrected chi connectivity index (χ1v) is 12.3. The van der Waals surface area contributed by atoms with E-state index in [-0.39, 0.29) is 12.0 Å². The molecule has 2 aliphatic rings. The number of alkyl halides is 2. The van der Waals surface area contributed by atoms with Crippen molar-refractivity contribution in [1.29, 1.82) is 0 Å². The van der Waals surface area contributed by atoms with Gasteiger partial charge in [0, 0.05) is 31.0 Å². The van der Waals surface area contributed by atoms with Crippen molar-refractivity contribution in [3.8, 4) is 0 Å². The lowest BCUT2D eigenvalue weighted by Crippen LogP contribution is -2.68. The molecule has 3 aromatic rings. The fourth-order valence-electron chi connectivity index (χ4n) is 4.85. The van der Waals surface area contributed by atoms with Gasteiger partial charge in [-0.3, -0.25) is 9.98 Å². The van der Waals surface area contributed by atoms with Crippen LogP contribution in [-0.4, -0.2) is 45.6 Å². The highest BCUT2D eigenvalue weighted by atomic mass is 32.2. The monoisotopic (exact) mass is 500 g/mol. The molecule has 0 amide bonds. The molecule has 1 saturated carbocycles. The molecular weight excluding hydrogens is 481 g/mol. The Morgan fingerprint density at radius 1 is 1.17 bits per heavy atom. The maximum Gasteiger partial charge on any atom is 0.252 e. The van der Waals surface area contributed by atoms with Crippen LogP contribution in [0, 0.1) is 12.4 Å². The molecule has 0 radical (unpaired) electrons. The summed E-state index contributed by atoms with van der Waals surface area (Å²) in [5.74, 6) is -4.88. The lowest BCUT2D eigenvalue weighted by atomic mass is 9.78. The molecule has 3 heterocycles. The van der Waals surface area contributed by atoms with Gasteiger partial charge in [-0.25, -0.2) is 36.4 Å². The lowest BCUT2D eigenvalue weighted by molar-refractivity contribution is -0.0828. The maximum atomic E-state index is 15.0. The second kappa shape index (κ2) is 7.45. The number of nitrogens with two attached hydrogens (primary N) is 1. The van der Waals surface area contributed by atoms with Gasteiger partial charge in [0.15, 0.2) is 9.84 Å². The molecule has 5 rings (SSSR count). The summed E-state index contributed by atoms with van der Waals surface area (Å²) in [6.07, 6.45) is 1.13. The molecule has 1 aliphatic carbocycles. The highest BCUT2D eigenvalue weighted by Gasteiger charge is 2.68. The molecule has 1 aromatic carbocycles. The molecule has 1 spiro atoms. The number of nitrogens with zero attached hydrogens (tertiary/aromatic N) is 5. The van der Waals surface area contributed by atoms with Crippen molar-refractivity contribution in [1.82, 2.24) is 15.0 Å². The molecule has 8 nitrogen and oxygen atoms in total. The molecule has 180 valence electrons. The number of pyridine rings is 1. The van der Waals surface area contributed by atoms with E-state index in [0.29, 0.717) is 28.0 Å². The van der Waals surface area contributed by atoms with Gasteiger partial charge in [-0.1, -0.05) is 12.1 Å². The minimum Gasteiger partial charge on any atom is -0.386 e. The van der Waals surface area contributed by atoms with E-state index in [4.69, 9.17) is 12.3 Å². The molecule has 12 heteroatoms. The number of sulfone groups is 1. The van der Waals surface area contributed by atoms with Gasteiger partial charge in [0.05, 0.1) is 23.5 Å². The highest BCUT2D eigenvalue weighted by Crippen LogP contribution is 2.54. The predicted octanol–water partition coefficient (Wildman–Crippen LogP) is 3.47. The summed E-state index contributed by atoms with van der Waals surface area (Å²) >= 11 is 0. The Kier molecular flexibility index (Phi) is 4.93. The first kappa shape index (κ1) is 23.2. The maximum absolute atomic E-state index is 15.0. The van der Waals surface area contributed by atoms with Crippen LogP contribution in [-0.2, 0) is 21.8 Å². The van der Waals surface area contributed by atoms with Crippen LogP contribution in [0.25, 0.3) is 15.9 Å². The molecule has 2 aromatic heterocycles. The Bertz CT molecular complexity index is 1560. The molecule has 35 heavy (non-hydrogen) atoms. The van der Waals surface area contributed by atoms with E-state index < -0.39 is 56.3 Å². The fourth-order valence-corrected chi connectivity index (χ4v) is 7.32.